The van der Waals surface area contributed by atoms with Crippen molar-refractivity contribution in [1.29, 1.82) is 0 Å². The SMILES string of the molecule is Cc1cc(CNC(=O)c2cc(Br)ccc2OC(F)F)nn1C. The van der Waals surface area contributed by atoms with Gasteiger partial charge < -0.3 is 10.1 Å². The molecular weight excluding hydrogens is 360 g/mol. The zero-order valence-corrected chi connectivity index (χ0v) is 13.5. The third kappa shape index (κ3) is 4.03. The van der Waals surface area contributed by atoms with Gasteiger partial charge >= 0.3 is 6.61 Å². The van der Waals surface area contributed by atoms with E-state index in [0.29, 0.717) is 10.2 Å². The molecule has 1 aromatic carbocycles. The van der Waals surface area contributed by atoms with Crippen LogP contribution in [0.1, 0.15) is 21.7 Å². The maximum absolute atomic E-state index is 12.4. The van der Waals surface area contributed by atoms with Crippen molar-refractivity contribution < 1.29 is 18.3 Å². The molecule has 5 nitrogen and oxygen atoms in total. The first-order chi connectivity index (χ1) is 10.4. The van der Waals surface area contributed by atoms with Gasteiger partial charge in [-0.25, -0.2) is 0 Å². The van der Waals surface area contributed by atoms with Gasteiger partial charge in [-0.2, -0.15) is 13.9 Å². The smallest absolute Gasteiger partial charge is 0.387 e. The van der Waals surface area contributed by atoms with Gasteiger partial charge in [-0.3, -0.25) is 9.48 Å². The number of nitrogens with zero attached hydrogens (tertiary/aromatic N) is 2. The summed E-state index contributed by atoms with van der Waals surface area (Å²) in [5.41, 5.74) is 1.66. The molecule has 0 atom stereocenters. The Hall–Kier alpha value is -1.96. The van der Waals surface area contributed by atoms with Gasteiger partial charge in [0.15, 0.2) is 0 Å². The van der Waals surface area contributed by atoms with Gasteiger partial charge in [0.25, 0.3) is 5.91 Å². The van der Waals surface area contributed by atoms with Gasteiger partial charge in [0, 0.05) is 17.2 Å². The van der Waals surface area contributed by atoms with Crippen LogP contribution in [0.3, 0.4) is 0 Å². The van der Waals surface area contributed by atoms with Gasteiger partial charge in [0.1, 0.15) is 5.75 Å². The predicted molar refractivity (Wildman–Crippen MR) is 79.9 cm³/mol. The average molecular weight is 374 g/mol. The Balaban J connectivity index is 2.12. The Bertz CT molecular complexity index is 669. The first kappa shape index (κ1) is 16.4. The highest BCUT2D eigenvalue weighted by Gasteiger charge is 2.16. The fourth-order valence-corrected chi connectivity index (χ4v) is 2.23. The van der Waals surface area contributed by atoms with Gasteiger partial charge in [0.2, 0.25) is 0 Å². The third-order valence-corrected chi connectivity index (χ3v) is 3.49. The van der Waals surface area contributed by atoms with Gasteiger partial charge in [-0.1, -0.05) is 15.9 Å². The number of rotatable bonds is 5. The number of hydrogen-bond donors (Lipinski definition) is 1. The van der Waals surface area contributed by atoms with Crippen molar-refractivity contribution in [3.05, 3.63) is 45.7 Å². The van der Waals surface area contributed by atoms with E-state index in [1.807, 2.05) is 13.0 Å². The lowest BCUT2D eigenvalue weighted by molar-refractivity contribution is -0.0501. The zero-order valence-electron chi connectivity index (χ0n) is 11.9. The third-order valence-electron chi connectivity index (χ3n) is 3.00. The number of hydrogen-bond acceptors (Lipinski definition) is 3. The molecule has 1 aromatic heterocycles. The fourth-order valence-electron chi connectivity index (χ4n) is 1.87. The Morgan fingerprint density at radius 1 is 1.45 bits per heavy atom. The van der Waals surface area contributed by atoms with E-state index in [0.717, 1.165) is 5.69 Å². The van der Waals surface area contributed by atoms with E-state index in [-0.39, 0.29) is 17.9 Å². The number of alkyl halides is 2. The largest absolute Gasteiger partial charge is 0.434 e. The van der Waals surface area contributed by atoms with Crippen LogP contribution in [0.5, 0.6) is 5.75 Å². The van der Waals surface area contributed by atoms with E-state index in [2.05, 4.69) is 31.1 Å². The minimum Gasteiger partial charge on any atom is -0.434 e. The lowest BCUT2D eigenvalue weighted by Gasteiger charge is -2.11. The number of nitrogens with one attached hydrogen (secondary N) is 1. The molecule has 0 aliphatic rings. The number of aryl methyl sites for hydroxylation is 2. The molecule has 0 bridgehead atoms. The number of amides is 1. The first-order valence-electron chi connectivity index (χ1n) is 6.39. The molecule has 0 spiro atoms. The van der Waals surface area contributed by atoms with E-state index < -0.39 is 12.5 Å². The number of carbonyl (C=O) groups excluding carboxylic acids is 1. The van der Waals surface area contributed by atoms with Crippen molar-refractivity contribution in [3.8, 4) is 5.75 Å². The molecule has 0 saturated carbocycles. The van der Waals surface area contributed by atoms with Crippen LogP contribution in [0, 0.1) is 6.92 Å². The molecule has 0 fully saturated rings. The van der Waals surface area contributed by atoms with Crippen LogP contribution in [0.15, 0.2) is 28.7 Å². The first-order valence-corrected chi connectivity index (χ1v) is 7.18. The summed E-state index contributed by atoms with van der Waals surface area (Å²) < 4.78 is 31.4. The van der Waals surface area contributed by atoms with Crippen molar-refractivity contribution in [2.75, 3.05) is 0 Å². The Labute approximate surface area is 134 Å². The summed E-state index contributed by atoms with van der Waals surface area (Å²) in [6.45, 7) is -0.909. The molecule has 2 aromatic rings. The van der Waals surface area contributed by atoms with Crippen LogP contribution in [0.2, 0.25) is 0 Å². The topological polar surface area (TPSA) is 56.1 Å². The number of halogens is 3. The minimum atomic E-state index is -2.99. The molecule has 0 saturated heterocycles. The lowest BCUT2D eigenvalue weighted by atomic mass is 10.2. The zero-order chi connectivity index (χ0) is 16.3. The molecule has 118 valence electrons. The second kappa shape index (κ2) is 6.87. The molecule has 0 unspecified atom stereocenters. The summed E-state index contributed by atoms with van der Waals surface area (Å²) in [4.78, 5) is 12.2. The van der Waals surface area contributed by atoms with E-state index in [9.17, 15) is 13.6 Å². The van der Waals surface area contributed by atoms with E-state index in [1.165, 1.54) is 18.2 Å². The predicted octanol–water partition coefficient (Wildman–Crippen LogP) is 3.02. The van der Waals surface area contributed by atoms with Crippen LogP contribution in [0.25, 0.3) is 0 Å². The monoisotopic (exact) mass is 373 g/mol. The summed E-state index contributed by atoms with van der Waals surface area (Å²) in [7, 11) is 1.80. The lowest BCUT2D eigenvalue weighted by Crippen LogP contribution is -2.24. The van der Waals surface area contributed by atoms with Gasteiger partial charge in [-0.15, -0.1) is 0 Å². The molecular formula is C14H14BrF2N3O2. The van der Waals surface area contributed by atoms with Crippen molar-refractivity contribution >= 4 is 21.8 Å². The maximum Gasteiger partial charge on any atom is 0.387 e. The summed E-state index contributed by atoms with van der Waals surface area (Å²) in [5.74, 6) is -0.687. The standard InChI is InChI=1S/C14H14BrF2N3O2/c1-8-5-10(19-20(8)2)7-18-13(21)11-6-9(15)3-4-12(11)22-14(16)17/h3-6,14H,7H2,1-2H3,(H,18,21). The number of benzene rings is 1. The quantitative estimate of drug-likeness (QED) is 0.876. The van der Waals surface area contributed by atoms with Crippen molar-refractivity contribution in [3.63, 3.8) is 0 Å². The average Bonchev–Trinajstić information content (AvgIpc) is 2.76. The van der Waals surface area contributed by atoms with Gasteiger partial charge in [-0.05, 0) is 31.2 Å². The van der Waals surface area contributed by atoms with Crippen LogP contribution >= 0.6 is 15.9 Å². The van der Waals surface area contributed by atoms with E-state index >= 15 is 0 Å². The molecule has 2 rings (SSSR count). The number of aromatic nitrogens is 2. The molecule has 1 N–H and O–H groups in total. The summed E-state index contributed by atoms with van der Waals surface area (Å²) in [6, 6.07) is 6.10. The van der Waals surface area contributed by atoms with Crippen LogP contribution in [-0.2, 0) is 13.6 Å². The fraction of sp³-hybridized carbons (Fsp3) is 0.286. The molecule has 22 heavy (non-hydrogen) atoms. The molecule has 8 heteroatoms. The number of ether oxygens (including phenoxy) is 1. The summed E-state index contributed by atoms with van der Waals surface area (Å²) >= 11 is 3.20. The van der Waals surface area contributed by atoms with Crippen molar-refractivity contribution in [2.24, 2.45) is 7.05 Å². The van der Waals surface area contributed by atoms with Gasteiger partial charge in [0.05, 0.1) is 17.8 Å². The highest BCUT2D eigenvalue weighted by Crippen LogP contribution is 2.24. The molecule has 1 heterocycles. The summed E-state index contributed by atoms with van der Waals surface area (Å²) in [5, 5.41) is 6.84. The van der Waals surface area contributed by atoms with Crippen molar-refractivity contribution in [2.45, 2.75) is 20.1 Å². The maximum atomic E-state index is 12.4. The van der Waals surface area contributed by atoms with Crippen LogP contribution in [-0.4, -0.2) is 22.3 Å². The second-order valence-electron chi connectivity index (χ2n) is 4.60. The Kier molecular flexibility index (Phi) is 5.12. The number of carbonyl (C=O) groups is 1. The Morgan fingerprint density at radius 3 is 2.77 bits per heavy atom. The van der Waals surface area contributed by atoms with Crippen LogP contribution < -0.4 is 10.1 Å². The van der Waals surface area contributed by atoms with Crippen molar-refractivity contribution in [1.82, 2.24) is 15.1 Å². The normalized spacial score (nSPS) is 10.8. The van der Waals surface area contributed by atoms with E-state index in [1.54, 1.807) is 11.7 Å². The molecule has 0 aliphatic carbocycles. The highest BCUT2D eigenvalue weighted by atomic mass is 79.9. The summed E-state index contributed by atoms with van der Waals surface area (Å²) in [6.07, 6.45) is 0. The second-order valence-corrected chi connectivity index (χ2v) is 5.52. The highest BCUT2D eigenvalue weighted by molar-refractivity contribution is 9.10. The van der Waals surface area contributed by atoms with E-state index in [4.69, 9.17) is 0 Å². The molecule has 0 radical (unpaired) electrons. The molecule has 1 amide bonds. The Morgan fingerprint density at radius 2 is 2.18 bits per heavy atom. The molecule has 0 aliphatic heterocycles. The minimum absolute atomic E-state index is 0.0299. The van der Waals surface area contributed by atoms with Crippen LogP contribution in [0.4, 0.5) is 8.78 Å².